The molecule has 2 aliphatic heterocycles. The lowest BCUT2D eigenvalue weighted by Crippen LogP contribution is -2.31. The third-order valence-electron chi connectivity index (χ3n) is 10.9. The molecule has 2 saturated heterocycles. The van der Waals surface area contributed by atoms with Crippen molar-refractivity contribution in [2.45, 2.75) is 97.1 Å². The first kappa shape index (κ1) is 33.5. The molecule has 0 radical (unpaired) electrons. The van der Waals surface area contributed by atoms with E-state index in [4.69, 9.17) is 4.98 Å². The number of alkyl halides is 2. The number of imidazole rings is 2. The number of amides is 2. The van der Waals surface area contributed by atoms with Gasteiger partial charge in [-0.3, -0.25) is 9.59 Å². The zero-order valence-electron chi connectivity index (χ0n) is 29.9. The summed E-state index contributed by atoms with van der Waals surface area (Å²) in [5, 5.41) is 1.96. The van der Waals surface area contributed by atoms with Crippen molar-refractivity contribution in [3.63, 3.8) is 0 Å². The monoisotopic (exact) mass is 692 g/mol. The van der Waals surface area contributed by atoms with Crippen molar-refractivity contribution in [1.29, 1.82) is 0 Å². The number of nitrogens with one attached hydrogen (secondary N) is 2. The minimum Gasteiger partial charge on any atom is -0.340 e. The molecule has 8 rings (SSSR count). The highest BCUT2D eigenvalue weighted by Crippen LogP contribution is 2.45. The van der Waals surface area contributed by atoms with Crippen molar-refractivity contribution in [1.82, 2.24) is 29.7 Å². The Kier molecular flexibility index (Phi) is 8.46. The molecule has 8 nitrogen and oxygen atoms in total. The van der Waals surface area contributed by atoms with Crippen molar-refractivity contribution < 1.29 is 18.4 Å². The molecule has 5 aromatic rings. The SMILES string of the molecule is CC(C)CC(=O)N1CCCC1c1ncc(-c2ccc(-c3ccc4c(ccc5[nH]c(C6CCCN6C(=O)CC(C)C)nc54)c3)c3c2CC(F)(F)C3)[nH]1. The lowest BCUT2D eigenvalue weighted by molar-refractivity contribution is -0.133. The quantitative estimate of drug-likeness (QED) is 0.170. The van der Waals surface area contributed by atoms with Crippen LogP contribution < -0.4 is 0 Å². The molecule has 3 aliphatic rings. The zero-order chi connectivity index (χ0) is 35.6. The second-order valence-corrected chi connectivity index (χ2v) is 15.7. The van der Waals surface area contributed by atoms with E-state index in [1.54, 1.807) is 6.20 Å². The van der Waals surface area contributed by atoms with Crippen molar-refractivity contribution >= 4 is 33.6 Å². The Labute approximate surface area is 297 Å². The fourth-order valence-electron chi connectivity index (χ4n) is 8.62. The molecule has 0 bridgehead atoms. The van der Waals surface area contributed by atoms with Crippen LogP contribution in [0.4, 0.5) is 8.78 Å². The van der Waals surface area contributed by atoms with Crippen molar-refractivity contribution in [3.8, 4) is 22.4 Å². The summed E-state index contributed by atoms with van der Waals surface area (Å²) in [7, 11) is 0. The first-order valence-corrected chi connectivity index (χ1v) is 18.6. The number of H-pyrrole nitrogens is 2. The summed E-state index contributed by atoms with van der Waals surface area (Å²) < 4.78 is 30.4. The fourth-order valence-corrected chi connectivity index (χ4v) is 8.62. The first-order valence-electron chi connectivity index (χ1n) is 18.6. The standard InChI is InChI=1S/C41H46F2N6O2/c1-23(2)17-36(50)48-15-5-7-34(48)39-44-22-33(46-39)29-13-12-27(30-20-41(42,43)21-31(29)30)25-9-11-28-26(19-25)10-14-32-38(28)47-40(45-32)35-8-6-16-49(35)37(51)18-24(3)4/h9-14,19,22-24,34-35H,5-8,15-18,20-21H2,1-4H3,(H,44,46)(H,45,47). The number of rotatable bonds is 8. The molecule has 51 heavy (non-hydrogen) atoms. The lowest BCUT2D eigenvalue weighted by atomic mass is 9.91. The Hall–Kier alpha value is -4.60. The van der Waals surface area contributed by atoms with E-state index in [9.17, 15) is 9.59 Å². The Morgan fingerprint density at radius 2 is 1.45 bits per heavy atom. The molecule has 10 heteroatoms. The topological polar surface area (TPSA) is 98.0 Å². The third-order valence-corrected chi connectivity index (χ3v) is 10.9. The van der Waals surface area contributed by atoms with Crippen molar-refractivity contribution in [2.24, 2.45) is 11.8 Å². The minimum absolute atomic E-state index is 0.0591. The van der Waals surface area contributed by atoms with Crippen LogP contribution >= 0.6 is 0 Å². The van der Waals surface area contributed by atoms with Gasteiger partial charge in [0.15, 0.2) is 0 Å². The van der Waals surface area contributed by atoms with Crippen LogP contribution in [0.5, 0.6) is 0 Å². The van der Waals surface area contributed by atoms with Crippen LogP contribution in [0.3, 0.4) is 0 Å². The second kappa shape index (κ2) is 12.9. The zero-order valence-corrected chi connectivity index (χ0v) is 29.9. The number of likely N-dealkylation sites (tertiary alicyclic amines) is 2. The van der Waals surface area contributed by atoms with Crippen LogP contribution in [-0.4, -0.2) is 60.6 Å². The van der Waals surface area contributed by atoms with Gasteiger partial charge in [-0.25, -0.2) is 18.7 Å². The molecule has 2 N–H and O–H groups in total. The number of hydrogen-bond acceptors (Lipinski definition) is 4. The average molecular weight is 693 g/mol. The van der Waals surface area contributed by atoms with Crippen LogP contribution in [0.25, 0.3) is 44.2 Å². The van der Waals surface area contributed by atoms with Crippen molar-refractivity contribution in [3.05, 3.63) is 71.4 Å². The molecule has 4 heterocycles. The van der Waals surface area contributed by atoms with Gasteiger partial charge >= 0.3 is 0 Å². The maximum atomic E-state index is 15.2. The maximum Gasteiger partial charge on any atom is 0.256 e. The van der Waals surface area contributed by atoms with Crippen LogP contribution in [-0.2, 0) is 22.4 Å². The van der Waals surface area contributed by atoms with E-state index in [0.29, 0.717) is 47.9 Å². The number of aromatic nitrogens is 4. The molecule has 2 amide bonds. The molecular formula is C41H46F2N6O2. The van der Waals surface area contributed by atoms with Crippen molar-refractivity contribution in [2.75, 3.05) is 13.1 Å². The highest BCUT2D eigenvalue weighted by Gasteiger charge is 2.41. The van der Waals surface area contributed by atoms with Crippen LogP contribution in [0, 0.1) is 11.8 Å². The highest BCUT2D eigenvalue weighted by atomic mass is 19.3. The van der Waals surface area contributed by atoms with Gasteiger partial charge in [-0.1, -0.05) is 58.0 Å². The summed E-state index contributed by atoms with van der Waals surface area (Å²) in [6, 6.07) is 13.9. The Bertz CT molecular complexity index is 2150. The van der Waals surface area contributed by atoms with Gasteiger partial charge in [0.05, 0.1) is 35.0 Å². The molecule has 2 aromatic heterocycles. The van der Waals surface area contributed by atoms with Crippen LogP contribution in [0.2, 0.25) is 0 Å². The second-order valence-electron chi connectivity index (χ2n) is 15.7. The van der Waals surface area contributed by atoms with Crippen LogP contribution in [0.1, 0.15) is 101 Å². The number of carbonyl (C=O) groups is 2. The molecular weight excluding hydrogens is 646 g/mol. The van der Waals surface area contributed by atoms with Gasteiger partial charge in [-0.05, 0) is 77.3 Å². The summed E-state index contributed by atoms with van der Waals surface area (Å²) in [4.78, 5) is 46.5. The van der Waals surface area contributed by atoms with Crippen LogP contribution in [0.15, 0.2) is 48.7 Å². The van der Waals surface area contributed by atoms with Gasteiger partial charge in [0.2, 0.25) is 11.8 Å². The average Bonchev–Trinajstić information content (AvgIpc) is 3.91. The summed E-state index contributed by atoms with van der Waals surface area (Å²) in [5.41, 5.74) is 6.22. The first-order chi connectivity index (χ1) is 24.5. The Balaban J connectivity index is 1.11. The molecule has 1 aliphatic carbocycles. The van der Waals surface area contributed by atoms with Gasteiger partial charge in [0, 0.05) is 49.7 Å². The van der Waals surface area contributed by atoms with E-state index in [0.717, 1.165) is 76.5 Å². The number of fused-ring (bicyclic) bond motifs is 4. The molecule has 0 spiro atoms. The predicted octanol–water partition coefficient (Wildman–Crippen LogP) is 8.93. The third kappa shape index (κ3) is 6.20. The predicted molar refractivity (Wildman–Crippen MR) is 195 cm³/mol. The number of hydrogen-bond donors (Lipinski definition) is 2. The number of halogens is 2. The molecule has 2 fully saturated rings. The van der Waals surface area contributed by atoms with Gasteiger partial charge in [-0.15, -0.1) is 0 Å². The van der Waals surface area contributed by atoms with E-state index < -0.39 is 5.92 Å². The number of benzene rings is 3. The Morgan fingerprint density at radius 3 is 2.12 bits per heavy atom. The van der Waals surface area contributed by atoms with Gasteiger partial charge in [0.25, 0.3) is 5.92 Å². The fraction of sp³-hybridized carbons (Fsp3) is 0.463. The van der Waals surface area contributed by atoms with Gasteiger partial charge in [-0.2, -0.15) is 0 Å². The van der Waals surface area contributed by atoms with Gasteiger partial charge < -0.3 is 19.8 Å². The van der Waals surface area contributed by atoms with E-state index >= 15 is 8.78 Å². The summed E-state index contributed by atoms with van der Waals surface area (Å²) in [6.45, 7) is 9.68. The number of aromatic amines is 2. The highest BCUT2D eigenvalue weighted by molar-refractivity contribution is 6.05. The maximum absolute atomic E-state index is 15.2. The minimum atomic E-state index is -2.85. The van der Waals surface area contributed by atoms with E-state index in [2.05, 4.69) is 34.9 Å². The van der Waals surface area contributed by atoms with E-state index in [1.165, 1.54) is 0 Å². The molecule has 266 valence electrons. The molecule has 0 saturated carbocycles. The lowest BCUT2D eigenvalue weighted by Gasteiger charge is -2.24. The van der Waals surface area contributed by atoms with E-state index in [1.807, 2.05) is 60.0 Å². The summed E-state index contributed by atoms with van der Waals surface area (Å²) in [5.74, 6) is -0.433. The molecule has 2 atom stereocenters. The summed E-state index contributed by atoms with van der Waals surface area (Å²) in [6.07, 6.45) is 5.69. The number of nitrogens with zero attached hydrogens (tertiary/aromatic N) is 4. The normalized spacial score (nSPS) is 20.1. The summed E-state index contributed by atoms with van der Waals surface area (Å²) >= 11 is 0. The Morgan fingerprint density at radius 1 is 0.824 bits per heavy atom. The molecule has 3 aromatic carbocycles. The largest absolute Gasteiger partial charge is 0.340 e. The smallest absolute Gasteiger partial charge is 0.256 e. The van der Waals surface area contributed by atoms with E-state index in [-0.39, 0.29) is 42.7 Å². The van der Waals surface area contributed by atoms with Gasteiger partial charge in [0.1, 0.15) is 11.6 Å². The molecule has 2 unspecified atom stereocenters. The number of carbonyl (C=O) groups excluding carboxylic acids is 2.